The van der Waals surface area contributed by atoms with Crippen molar-refractivity contribution in [2.75, 3.05) is 5.32 Å². The fraction of sp³-hybridized carbons (Fsp3) is 0. The molecule has 0 atom stereocenters. The van der Waals surface area contributed by atoms with Crippen LogP contribution < -0.4 is 5.32 Å². The van der Waals surface area contributed by atoms with E-state index in [4.69, 9.17) is 5.11 Å². The molecule has 2 heterocycles. The molecule has 8 heteroatoms. The third-order valence-corrected chi connectivity index (χ3v) is 1.95. The van der Waals surface area contributed by atoms with Gasteiger partial charge in [-0.25, -0.2) is 14.8 Å². The number of rotatable bonds is 3. The molecule has 0 aliphatic rings. The van der Waals surface area contributed by atoms with Gasteiger partial charge in [0.1, 0.15) is 5.69 Å². The number of hydrogen-bond donors (Lipinski definition) is 2. The molecule has 0 aromatic carbocycles. The Morgan fingerprint density at radius 3 is 2.67 bits per heavy atom. The van der Waals surface area contributed by atoms with Crippen LogP contribution in [-0.4, -0.2) is 37.1 Å². The highest BCUT2D eigenvalue weighted by Gasteiger charge is 2.11. The average Bonchev–Trinajstić information content (AvgIpc) is 2.40. The zero-order valence-corrected chi connectivity index (χ0v) is 8.94. The highest BCUT2D eigenvalue weighted by atomic mass is 16.4. The van der Waals surface area contributed by atoms with Gasteiger partial charge in [-0.1, -0.05) is 0 Å². The van der Waals surface area contributed by atoms with E-state index >= 15 is 0 Å². The summed E-state index contributed by atoms with van der Waals surface area (Å²) in [6.07, 6.45) is 3.98. The van der Waals surface area contributed by atoms with Crippen LogP contribution in [0.5, 0.6) is 0 Å². The maximum atomic E-state index is 11.7. The summed E-state index contributed by atoms with van der Waals surface area (Å²) in [6.45, 7) is 0. The van der Waals surface area contributed by atoms with E-state index in [0.717, 1.165) is 6.07 Å². The van der Waals surface area contributed by atoms with Gasteiger partial charge in [-0.3, -0.25) is 10.1 Å². The van der Waals surface area contributed by atoms with Crippen molar-refractivity contribution in [3.8, 4) is 0 Å². The second-order valence-corrected chi connectivity index (χ2v) is 3.16. The number of anilines is 1. The van der Waals surface area contributed by atoms with E-state index in [0.29, 0.717) is 0 Å². The summed E-state index contributed by atoms with van der Waals surface area (Å²) >= 11 is 0. The fourth-order valence-corrected chi connectivity index (χ4v) is 1.17. The van der Waals surface area contributed by atoms with Crippen LogP contribution in [0.3, 0.4) is 0 Å². The molecule has 0 radical (unpaired) electrons. The Labute approximate surface area is 101 Å². The molecular weight excluding hydrogens is 238 g/mol. The molecule has 1 amide bonds. The molecule has 0 saturated carbocycles. The first-order valence-corrected chi connectivity index (χ1v) is 4.81. The molecule has 0 unspecified atom stereocenters. The van der Waals surface area contributed by atoms with E-state index in [1.807, 2.05) is 0 Å². The maximum Gasteiger partial charge on any atom is 0.354 e. The van der Waals surface area contributed by atoms with Crippen molar-refractivity contribution in [2.45, 2.75) is 0 Å². The first-order valence-electron chi connectivity index (χ1n) is 4.81. The van der Waals surface area contributed by atoms with E-state index < -0.39 is 11.9 Å². The second-order valence-electron chi connectivity index (χ2n) is 3.16. The lowest BCUT2D eigenvalue weighted by Crippen LogP contribution is -2.15. The number of nitrogens with one attached hydrogen (secondary N) is 1. The molecule has 2 aromatic rings. The summed E-state index contributed by atoms with van der Waals surface area (Å²) in [5.74, 6) is -1.70. The first-order chi connectivity index (χ1) is 8.66. The van der Waals surface area contributed by atoms with Crippen LogP contribution in [0.25, 0.3) is 0 Å². The second kappa shape index (κ2) is 4.95. The van der Waals surface area contributed by atoms with Gasteiger partial charge < -0.3 is 5.11 Å². The van der Waals surface area contributed by atoms with E-state index in [-0.39, 0.29) is 17.2 Å². The van der Waals surface area contributed by atoms with Crippen LogP contribution in [0, 0.1) is 0 Å². The van der Waals surface area contributed by atoms with Crippen LogP contribution in [-0.2, 0) is 0 Å². The number of pyridine rings is 1. The maximum absolute atomic E-state index is 11.7. The van der Waals surface area contributed by atoms with Gasteiger partial charge in [0.05, 0.1) is 12.4 Å². The molecule has 90 valence electrons. The number of carbonyl (C=O) groups excluding carboxylic acids is 1. The smallest absolute Gasteiger partial charge is 0.354 e. The third kappa shape index (κ3) is 2.61. The molecule has 8 nitrogen and oxygen atoms in total. The van der Waals surface area contributed by atoms with E-state index in [1.165, 1.54) is 24.7 Å². The predicted molar refractivity (Wildman–Crippen MR) is 59.0 cm³/mol. The summed E-state index contributed by atoms with van der Waals surface area (Å²) in [6, 6.07) is 2.55. The molecule has 0 spiro atoms. The number of amides is 1. The summed E-state index contributed by atoms with van der Waals surface area (Å²) in [5, 5.41) is 18.3. The third-order valence-electron chi connectivity index (χ3n) is 1.95. The van der Waals surface area contributed by atoms with Crippen molar-refractivity contribution in [3.63, 3.8) is 0 Å². The quantitative estimate of drug-likeness (QED) is 0.793. The van der Waals surface area contributed by atoms with Crippen molar-refractivity contribution in [2.24, 2.45) is 0 Å². The Morgan fingerprint density at radius 1 is 1.17 bits per heavy atom. The van der Waals surface area contributed by atoms with Gasteiger partial charge in [0.25, 0.3) is 5.91 Å². The van der Waals surface area contributed by atoms with Gasteiger partial charge in [0.2, 0.25) is 5.95 Å². The Morgan fingerprint density at radius 2 is 2.00 bits per heavy atom. The topological polar surface area (TPSA) is 118 Å². The largest absolute Gasteiger partial charge is 0.477 e. The molecule has 0 fully saturated rings. The summed E-state index contributed by atoms with van der Waals surface area (Å²) in [5.41, 5.74) is -0.0652. The number of carbonyl (C=O) groups is 2. The zero-order valence-electron chi connectivity index (χ0n) is 8.94. The van der Waals surface area contributed by atoms with Crippen molar-refractivity contribution < 1.29 is 14.7 Å². The van der Waals surface area contributed by atoms with Gasteiger partial charge in [-0.15, -0.1) is 5.10 Å². The Balaban J connectivity index is 2.19. The highest BCUT2D eigenvalue weighted by Crippen LogP contribution is 2.04. The first kappa shape index (κ1) is 11.6. The van der Waals surface area contributed by atoms with Crippen molar-refractivity contribution >= 4 is 17.8 Å². The van der Waals surface area contributed by atoms with Gasteiger partial charge in [0, 0.05) is 11.8 Å². The van der Waals surface area contributed by atoms with Crippen molar-refractivity contribution in [1.29, 1.82) is 0 Å². The molecule has 0 bridgehead atoms. The molecule has 2 aromatic heterocycles. The van der Waals surface area contributed by atoms with Gasteiger partial charge in [-0.05, 0) is 12.1 Å². The number of nitrogens with zero attached hydrogens (tertiary/aromatic N) is 4. The fourth-order valence-electron chi connectivity index (χ4n) is 1.17. The molecule has 0 aliphatic heterocycles. The standard InChI is InChI=1S/C10H7N5O3/c16-8(14-10-12-3-4-13-15-10)6-1-2-11-7(5-6)9(17)18/h1-5H,(H,17,18)(H,12,14,15,16). The zero-order chi connectivity index (χ0) is 13.0. The summed E-state index contributed by atoms with van der Waals surface area (Å²) < 4.78 is 0. The van der Waals surface area contributed by atoms with Crippen LogP contribution in [0.15, 0.2) is 30.7 Å². The van der Waals surface area contributed by atoms with Crippen LogP contribution >= 0.6 is 0 Å². The monoisotopic (exact) mass is 245 g/mol. The summed E-state index contributed by atoms with van der Waals surface area (Å²) in [7, 11) is 0. The van der Waals surface area contributed by atoms with E-state index in [2.05, 4.69) is 25.5 Å². The summed E-state index contributed by atoms with van der Waals surface area (Å²) in [4.78, 5) is 29.8. The van der Waals surface area contributed by atoms with E-state index in [1.54, 1.807) is 0 Å². The lowest BCUT2D eigenvalue weighted by molar-refractivity contribution is 0.0690. The average molecular weight is 245 g/mol. The Kier molecular flexibility index (Phi) is 3.19. The lowest BCUT2D eigenvalue weighted by Gasteiger charge is -2.02. The number of carboxylic acids is 1. The van der Waals surface area contributed by atoms with Crippen LogP contribution in [0.1, 0.15) is 20.8 Å². The number of aromatic carboxylic acids is 1. The normalized spacial score (nSPS) is 9.78. The number of aromatic nitrogens is 4. The minimum atomic E-state index is -1.21. The van der Waals surface area contributed by atoms with Gasteiger partial charge in [-0.2, -0.15) is 5.10 Å². The SMILES string of the molecule is O=C(Nc1nccnn1)c1ccnc(C(=O)O)c1. The molecule has 2 rings (SSSR count). The van der Waals surface area contributed by atoms with Crippen LogP contribution in [0.4, 0.5) is 5.95 Å². The van der Waals surface area contributed by atoms with Gasteiger partial charge in [0.15, 0.2) is 0 Å². The minimum absolute atomic E-state index is 0.0381. The molecule has 0 saturated heterocycles. The van der Waals surface area contributed by atoms with Gasteiger partial charge >= 0.3 is 5.97 Å². The van der Waals surface area contributed by atoms with Crippen molar-refractivity contribution in [3.05, 3.63) is 42.0 Å². The molecule has 0 aliphatic carbocycles. The Bertz CT molecular complexity index is 587. The number of carboxylic acid groups (broad SMARTS) is 1. The molecular formula is C10H7N5O3. The van der Waals surface area contributed by atoms with E-state index in [9.17, 15) is 9.59 Å². The molecule has 2 N–H and O–H groups in total. The molecule has 18 heavy (non-hydrogen) atoms. The predicted octanol–water partition coefficient (Wildman–Crippen LogP) is 0.217. The highest BCUT2D eigenvalue weighted by molar-refractivity contribution is 6.04. The minimum Gasteiger partial charge on any atom is -0.477 e. The lowest BCUT2D eigenvalue weighted by atomic mass is 10.2. The van der Waals surface area contributed by atoms with Crippen molar-refractivity contribution in [1.82, 2.24) is 20.2 Å². The number of hydrogen-bond acceptors (Lipinski definition) is 6. The Hall–Kier alpha value is -2.90. The van der Waals surface area contributed by atoms with Crippen LogP contribution in [0.2, 0.25) is 0 Å².